The second-order valence-electron chi connectivity index (χ2n) is 7.24. The molecule has 34 heavy (non-hydrogen) atoms. The van der Waals surface area contributed by atoms with Crippen molar-refractivity contribution in [2.45, 2.75) is 13.2 Å². The van der Waals surface area contributed by atoms with Gasteiger partial charge in [0.25, 0.3) is 5.91 Å². The number of hydrogen-bond donors (Lipinski definition) is 1. The number of rotatable bonds is 7. The van der Waals surface area contributed by atoms with Gasteiger partial charge in [0.2, 0.25) is 0 Å². The number of benzene rings is 3. The van der Waals surface area contributed by atoms with Gasteiger partial charge in [-0.3, -0.25) is 9.48 Å². The average Bonchev–Trinajstić information content (AvgIpc) is 3.27. The Morgan fingerprint density at radius 1 is 1.00 bits per heavy atom. The predicted octanol–water partition coefficient (Wildman–Crippen LogP) is 6.08. The summed E-state index contributed by atoms with van der Waals surface area (Å²) in [5.74, 6) is -5.96. The fourth-order valence-electron chi connectivity index (χ4n) is 3.10. The highest BCUT2D eigenvalue weighted by molar-refractivity contribution is 9.10. The molecule has 0 aliphatic heterocycles. The fourth-order valence-corrected chi connectivity index (χ4v) is 3.50. The molecule has 1 amide bonds. The standard InChI is InChI=1S/C24H16BrF4N3O2/c25-18-3-1-2-4-21(18)34-13-14-5-7-15(8-6-14)24(33)31-16-10-30-32(11-16)12-17-19(26)9-20(27)23(29)22(17)28/h1-11H,12-13H2,(H,31,33). The smallest absolute Gasteiger partial charge is 0.255 e. The van der Waals surface area contributed by atoms with Gasteiger partial charge in [-0.25, -0.2) is 17.6 Å². The van der Waals surface area contributed by atoms with Crippen LogP contribution in [0, 0.1) is 23.3 Å². The molecule has 0 saturated carbocycles. The van der Waals surface area contributed by atoms with E-state index in [-0.39, 0.29) is 11.8 Å². The first-order chi connectivity index (χ1) is 16.3. The monoisotopic (exact) mass is 533 g/mol. The maximum Gasteiger partial charge on any atom is 0.255 e. The van der Waals surface area contributed by atoms with Crippen molar-refractivity contribution in [2.24, 2.45) is 0 Å². The van der Waals surface area contributed by atoms with Crippen LogP contribution in [-0.4, -0.2) is 15.7 Å². The Kier molecular flexibility index (Phi) is 6.97. The first kappa shape index (κ1) is 23.5. The minimum Gasteiger partial charge on any atom is -0.488 e. The van der Waals surface area contributed by atoms with Crippen LogP contribution in [0.4, 0.5) is 23.2 Å². The van der Waals surface area contributed by atoms with Gasteiger partial charge < -0.3 is 10.1 Å². The maximum atomic E-state index is 13.9. The number of nitrogens with one attached hydrogen (secondary N) is 1. The van der Waals surface area contributed by atoms with Crippen LogP contribution in [0.1, 0.15) is 21.5 Å². The van der Waals surface area contributed by atoms with Crippen molar-refractivity contribution < 1.29 is 27.1 Å². The molecule has 1 aromatic heterocycles. The molecule has 0 spiro atoms. The number of carbonyl (C=O) groups excluding carboxylic acids is 1. The van der Waals surface area contributed by atoms with Crippen molar-refractivity contribution in [1.29, 1.82) is 0 Å². The number of nitrogens with zero attached hydrogens (tertiary/aromatic N) is 2. The lowest BCUT2D eigenvalue weighted by atomic mass is 10.1. The van der Waals surface area contributed by atoms with E-state index in [1.807, 2.05) is 24.3 Å². The SMILES string of the molecule is O=C(Nc1cnn(Cc2c(F)cc(F)c(F)c2F)c1)c1ccc(COc2ccccc2Br)cc1. The van der Waals surface area contributed by atoms with Crippen molar-refractivity contribution in [1.82, 2.24) is 9.78 Å². The summed E-state index contributed by atoms with van der Waals surface area (Å²) in [5.41, 5.74) is 0.806. The number of amides is 1. The van der Waals surface area contributed by atoms with E-state index < -0.39 is 41.3 Å². The van der Waals surface area contributed by atoms with Crippen molar-refractivity contribution in [2.75, 3.05) is 5.32 Å². The van der Waals surface area contributed by atoms with Crippen LogP contribution >= 0.6 is 15.9 Å². The second kappa shape index (κ2) is 10.1. The molecular formula is C24H16BrF4N3O2. The Morgan fingerprint density at radius 3 is 2.47 bits per heavy atom. The first-order valence-corrected chi connectivity index (χ1v) is 10.7. The molecule has 0 saturated heterocycles. The molecule has 0 fully saturated rings. The highest BCUT2D eigenvalue weighted by atomic mass is 79.9. The van der Waals surface area contributed by atoms with Gasteiger partial charge in [0.1, 0.15) is 18.2 Å². The number of anilines is 1. The van der Waals surface area contributed by atoms with Gasteiger partial charge in [-0.15, -0.1) is 0 Å². The number of aromatic nitrogens is 2. The number of para-hydroxylation sites is 1. The Morgan fingerprint density at radius 2 is 1.74 bits per heavy atom. The summed E-state index contributed by atoms with van der Waals surface area (Å²) >= 11 is 3.41. The highest BCUT2D eigenvalue weighted by Gasteiger charge is 2.19. The highest BCUT2D eigenvalue weighted by Crippen LogP contribution is 2.25. The van der Waals surface area contributed by atoms with Crippen molar-refractivity contribution >= 4 is 27.5 Å². The van der Waals surface area contributed by atoms with Gasteiger partial charge in [0.15, 0.2) is 17.5 Å². The summed E-state index contributed by atoms with van der Waals surface area (Å²) in [6, 6.07) is 14.5. The molecule has 0 aliphatic carbocycles. The van der Waals surface area contributed by atoms with E-state index in [1.54, 1.807) is 24.3 Å². The zero-order valence-corrected chi connectivity index (χ0v) is 19.0. The predicted molar refractivity (Wildman–Crippen MR) is 120 cm³/mol. The lowest BCUT2D eigenvalue weighted by Gasteiger charge is -2.09. The van der Waals surface area contributed by atoms with Crippen LogP contribution in [0.15, 0.2) is 71.5 Å². The van der Waals surface area contributed by atoms with Crippen LogP contribution < -0.4 is 10.1 Å². The third kappa shape index (κ3) is 5.28. The Labute approximate surface area is 200 Å². The van der Waals surface area contributed by atoms with Crippen molar-refractivity contribution in [3.63, 3.8) is 0 Å². The van der Waals surface area contributed by atoms with Crippen LogP contribution in [0.3, 0.4) is 0 Å². The Hall–Kier alpha value is -3.66. The minimum absolute atomic E-state index is 0.259. The summed E-state index contributed by atoms with van der Waals surface area (Å²) in [7, 11) is 0. The van der Waals surface area contributed by atoms with Gasteiger partial charge in [-0.05, 0) is 45.8 Å². The molecule has 5 nitrogen and oxygen atoms in total. The van der Waals surface area contributed by atoms with Crippen molar-refractivity contribution in [3.8, 4) is 5.75 Å². The molecule has 0 bridgehead atoms. The summed E-state index contributed by atoms with van der Waals surface area (Å²) in [6.45, 7) is -0.175. The lowest BCUT2D eigenvalue weighted by Crippen LogP contribution is -2.12. The molecule has 0 radical (unpaired) electrons. The summed E-state index contributed by atoms with van der Waals surface area (Å²) in [6.07, 6.45) is 2.59. The number of hydrogen-bond acceptors (Lipinski definition) is 3. The third-order valence-electron chi connectivity index (χ3n) is 4.87. The largest absolute Gasteiger partial charge is 0.488 e. The van der Waals surface area contributed by atoms with Gasteiger partial charge in [0, 0.05) is 23.4 Å². The Bertz CT molecular complexity index is 1340. The van der Waals surface area contributed by atoms with E-state index in [4.69, 9.17) is 4.74 Å². The van der Waals surface area contributed by atoms with Gasteiger partial charge in [-0.1, -0.05) is 24.3 Å². The van der Waals surface area contributed by atoms with Crippen molar-refractivity contribution in [3.05, 3.63) is 111 Å². The van der Waals surface area contributed by atoms with E-state index >= 15 is 0 Å². The topological polar surface area (TPSA) is 56.2 Å². The second-order valence-corrected chi connectivity index (χ2v) is 8.10. The van der Waals surface area contributed by atoms with E-state index in [2.05, 4.69) is 26.3 Å². The molecule has 10 heteroatoms. The normalized spacial score (nSPS) is 10.9. The number of ether oxygens (including phenoxy) is 1. The number of halogens is 5. The van der Waals surface area contributed by atoms with Gasteiger partial charge >= 0.3 is 0 Å². The van der Waals surface area contributed by atoms with Gasteiger partial charge in [0.05, 0.1) is 22.9 Å². The average molecular weight is 534 g/mol. The van der Waals surface area contributed by atoms with Crippen LogP contribution in [0.2, 0.25) is 0 Å². The Balaban J connectivity index is 1.37. The molecule has 1 N–H and O–H groups in total. The van der Waals surface area contributed by atoms with E-state index in [0.717, 1.165) is 14.7 Å². The van der Waals surface area contributed by atoms with Gasteiger partial charge in [-0.2, -0.15) is 5.10 Å². The molecule has 1 heterocycles. The molecule has 0 atom stereocenters. The molecule has 4 rings (SSSR count). The zero-order valence-electron chi connectivity index (χ0n) is 17.4. The number of carbonyl (C=O) groups is 1. The summed E-state index contributed by atoms with van der Waals surface area (Å²) in [4.78, 5) is 12.5. The van der Waals surface area contributed by atoms with Crippen LogP contribution in [0.5, 0.6) is 5.75 Å². The quantitative estimate of drug-likeness (QED) is 0.178. The fraction of sp³-hybridized carbons (Fsp3) is 0.0833. The molecule has 3 aromatic carbocycles. The zero-order chi connectivity index (χ0) is 24.2. The van der Waals surface area contributed by atoms with Crippen LogP contribution in [-0.2, 0) is 13.2 Å². The lowest BCUT2D eigenvalue weighted by molar-refractivity contribution is 0.102. The molecule has 174 valence electrons. The van der Waals surface area contributed by atoms with E-state index in [1.165, 1.54) is 12.4 Å². The molecule has 0 aliphatic rings. The first-order valence-electron chi connectivity index (χ1n) is 9.93. The van der Waals surface area contributed by atoms with Crippen LogP contribution in [0.25, 0.3) is 0 Å². The summed E-state index contributed by atoms with van der Waals surface area (Å²) in [5, 5.41) is 6.52. The minimum atomic E-state index is -1.76. The molecule has 0 unspecified atom stereocenters. The van der Waals surface area contributed by atoms with E-state index in [9.17, 15) is 22.4 Å². The molecule has 4 aromatic rings. The maximum absolute atomic E-state index is 13.9. The molecular weight excluding hydrogens is 518 g/mol. The van der Waals surface area contributed by atoms with E-state index in [0.29, 0.717) is 17.9 Å². The third-order valence-corrected chi connectivity index (χ3v) is 5.52. The summed E-state index contributed by atoms with van der Waals surface area (Å²) < 4.78 is 61.9.